The Morgan fingerprint density at radius 2 is 1.68 bits per heavy atom. The van der Waals surface area contributed by atoms with Crippen LogP contribution in [0.1, 0.15) is 11.4 Å². The summed E-state index contributed by atoms with van der Waals surface area (Å²) in [5, 5.41) is 11.8. The van der Waals surface area contributed by atoms with Crippen molar-refractivity contribution in [2.75, 3.05) is 0 Å². The highest BCUT2D eigenvalue weighted by molar-refractivity contribution is 5.85. The Bertz CT molecular complexity index is 1170. The molecule has 0 fully saturated rings. The SMILES string of the molecule is Cc1n[nH]c(C)c1-c1cc(=O)n(C)nc1-c1ccccc1Oc1ccccc1. The van der Waals surface area contributed by atoms with Gasteiger partial charge in [-0.1, -0.05) is 30.3 Å². The number of para-hydroxylation sites is 2. The average molecular weight is 372 g/mol. The van der Waals surface area contributed by atoms with E-state index in [4.69, 9.17) is 4.74 Å². The Labute approximate surface area is 162 Å². The van der Waals surface area contributed by atoms with Crippen LogP contribution in [-0.4, -0.2) is 20.0 Å². The predicted molar refractivity (Wildman–Crippen MR) is 108 cm³/mol. The summed E-state index contributed by atoms with van der Waals surface area (Å²) < 4.78 is 7.45. The van der Waals surface area contributed by atoms with E-state index in [9.17, 15) is 4.79 Å². The van der Waals surface area contributed by atoms with Crippen LogP contribution < -0.4 is 10.3 Å². The number of ether oxygens (including phenoxy) is 1. The summed E-state index contributed by atoms with van der Waals surface area (Å²) in [7, 11) is 1.64. The van der Waals surface area contributed by atoms with Gasteiger partial charge in [-0.05, 0) is 38.1 Å². The van der Waals surface area contributed by atoms with Crippen molar-refractivity contribution in [1.82, 2.24) is 20.0 Å². The van der Waals surface area contributed by atoms with Crippen LogP contribution in [0.5, 0.6) is 11.5 Å². The normalized spacial score (nSPS) is 10.8. The van der Waals surface area contributed by atoms with Gasteiger partial charge < -0.3 is 4.74 Å². The molecule has 0 atom stereocenters. The van der Waals surface area contributed by atoms with Gasteiger partial charge in [0.15, 0.2) is 0 Å². The molecule has 4 aromatic rings. The van der Waals surface area contributed by atoms with E-state index < -0.39 is 0 Å². The van der Waals surface area contributed by atoms with Gasteiger partial charge in [0, 0.05) is 35.5 Å². The minimum absolute atomic E-state index is 0.180. The number of aromatic amines is 1. The second-order valence-electron chi connectivity index (χ2n) is 6.59. The molecule has 1 N–H and O–H groups in total. The van der Waals surface area contributed by atoms with E-state index in [0.717, 1.165) is 33.8 Å². The first-order valence-electron chi connectivity index (χ1n) is 8.97. The third-order valence-electron chi connectivity index (χ3n) is 4.60. The number of aromatic nitrogens is 4. The van der Waals surface area contributed by atoms with Crippen molar-refractivity contribution >= 4 is 0 Å². The van der Waals surface area contributed by atoms with Crippen LogP contribution in [-0.2, 0) is 7.05 Å². The number of aryl methyl sites for hydroxylation is 3. The molecule has 4 rings (SSSR count). The van der Waals surface area contributed by atoms with Gasteiger partial charge in [-0.25, -0.2) is 4.68 Å². The Hall–Kier alpha value is -3.67. The molecule has 0 unspecified atom stereocenters. The summed E-state index contributed by atoms with van der Waals surface area (Å²) in [5.74, 6) is 1.40. The van der Waals surface area contributed by atoms with E-state index in [1.165, 1.54) is 4.68 Å². The zero-order valence-electron chi connectivity index (χ0n) is 15.9. The average Bonchev–Trinajstić information content (AvgIpc) is 3.03. The molecule has 0 aliphatic rings. The molecule has 0 amide bonds. The van der Waals surface area contributed by atoms with Crippen LogP contribution in [0.15, 0.2) is 65.5 Å². The highest BCUT2D eigenvalue weighted by Crippen LogP contribution is 2.38. The molecule has 0 aliphatic heterocycles. The van der Waals surface area contributed by atoms with Gasteiger partial charge in [0.1, 0.15) is 17.2 Å². The molecule has 0 saturated carbocycles. The predicted octanol–water partition coefficient (Wildman–Crippen LogP) is 4.25. The van der Waals surface area contributed by atoms with Crippen molar-refractivity contribution in [3.63, 3.8) is 0 Å². The van der Waals surface area contributed by atoms with E-state index >= 15 is 0 Å². The van der Waals surface area contributed by atoms with Crippen molar-refractivity contribution in [2.45, 2.75) is 13.8 Å². The van der Waals surface area contributed by atoms with E-state index in [2.05, 4.69) is 15.3 Å². The highest BCUT2D eigenvalue weighted by Gasteiger charge is 2.20. The maximum Gasteiger partial charge on any atom is 0.267 e. The molecule has 2 aromatic heterocycles. The molecule has 2 heterocycles. The van der Waals surface area contributed by atoms with Gasteiger partial charge in [-0.15, -0.1) is 0 Å². The molecule has 2 aromatic carbocycles. The lowest BCUT2D eigenvalue weighted by atomic mass is 9.98. The molecule has 0 saturated heterocycles. The standard InChI is InChI=1S/C22H20N4O2/c1-14-21(15(2)24-23-14)18-13-20(27)26(3)25-22(18)17-11-7-8-12-19(17)28-16-9-5-4-6-10-16/h4-13H,1-3H3,(H,23,24). The lowest BCUT2D eigenvalue weighted by Crippen LogP contribution is -2.20. The fourth-order valence-electron chi connectivity index (χ4n) is 3.24. The van der Waals surface area contributed by atoms with Crippen LogP contribution in [0.3, 0.4) is 0 Å². The molecule has 6 nitrogen and oxygen atoms in total. The summed E-state index contributed by atoms with van der Waals surface area (Å²) in [6.07, 6.45) is 0. The third-order valence-corrected chi connectivity index (χ3v) is 4.60. The maximum absolute atomic E-state index is 12.4. The van der Waals surface area contributed by atoms with Crippen molar-refractivity contribution < 1.29 is 4.74 Å². The first kappa shape index (κ1) is 17.7. The Morgan fingerprint density at radius 1 is 0.964 bits per heavy atom. The number of rotatable bonds is 4. The second-order valence-corrected chi connectivity index (χ2v) is 6.59. The van der Waals surface area contributed by atoms with Gasteiger partial charge in [-0.3, -0.25) is 9.89 Å². The van der Waals surface area contributed by atoms with Crippen LogP contribution in [0.25, 0.3) is 22.4 Å². The second kappa shape index (κ2) is 7.15. The molecule has 140 valence electrons. The topological polar surface area (TPSA) is 72.8 Å². The van der Waals surface area contributed by atoms with Gasteiger partial charge >= 0.3 is 0 Å². The summed E-state index contributed by atoms with van der Waals surface area (Å²) in [6.45, 7) is 3.84. The van der Waals surface area contributed by atoms with Gasteiger partial charge in [0.25, 0.3) is 5.56 Å². The molecule has 28 heavy (non-hydrogen) atoms. The molecule has 0 aliphatic carbocycles. The largest absolute Gasteiger partial charge is 0.457 e. The van der Waals surface area contributed by atoms with Crippen LogP contribution in [0.2, 0.25) is 0 Å². The summed E-state index contributed by atoms with van der Waals surface area (Å²) in [6, 6.07) is 18.9. The van der Waals surface area contributed by atoms with Crippen molar-refractivity contribution in [1.29, 1.82) is 0 Å². The van der Waals surface area contributed by atoms with Crippen molar-refractivity contribution in [3.05, 3.63) is 82.4 Å². The number of hydrogen-bond acceptors (Lipinski definition) is 4. The number of nitrogens with one attached hydrogen (secondary N) is 1. The minimum Gasteiger partial charge on any atom is -0.457 e. The van der Waals surface area contributed by atoms with Crippen molar-refractivity contribution in [3.8, 4) is 33.9 Å². The number of benzene rings is 2. The maximum atomic E-state index is 12.4. The van der Waals surface area contributed by atoms with Crippen molar-refractivity contribution in [2.24, 2.45) is 7.05 Å². The van der Waals surface area contributed by atoms with Gasteiger partial charge in [0.2, 0.25) is 0 Å². The molecule has 0 spiro atoms. The lowest BCUT2D eigenvalue weighted by Gasteiger charge is -2.15. The summed E-state index contributed by atoms with van der Waals surface area (Å²) >= 11 is 0. The fourth-order valence-corrected chi connectivity index (χ4v) is 3.24. The van der Waals surface area contributed by atoms with E-state index in [1.807, 2.05) is 68.4 Å². The monoisotopic (exact) mass is 372 g/mol. The molecular weight excluding hydrogens is 352 g/mol. The Balaban J connectivity index is 1.94. The summed E-state index contributed by atoms with van der Waals surface area (Å²) in [4.78, 5) is 12.4. The molecule has 0 radical (unpaired) electrons. The van der Waals surface area contributed by atoms with Gasteiger partial charge in [-0.2, -0.15) is 10.2 Å². The zero-order valence-corrected chi connectivity index (χ0v) is 15.9. The van der Waals surface area contributed by atoms with Crippen LogP contribution in [0, 0.1) is 13.8 Å². The molecular formula is C22H20N4O2. The smallest absolute Gasteiger partial charge is 0.267 e. The first-order chi connectivity index (χ1) is 13.5. The quantitative estimate of drug-likeness (QED) is 0.581. The lowest BCUT2D eigenvalue weighted by molar-refractivity contribution is 0.484. The zero-order chi connectivity index (χ0) is 19.7. The minimum atomic E-state index is -0.180. The first-order valence-corrected chi connectivity index (χ1v) is 8.97. The highest BCUT2D eigenvalue weighted by atomic mass is 16.5. The Kier molecular flexibility index (Phi) is 4.53. The van der Waals surface area contributed by atoms with E-state index in [-0.39, 0.29) is 5.56 Å². The number of nitrogens with zero attached hydrogens (tertiary/aromatic N) is 3. The van der Waals surface area contributed by atoms with Gasteiger partial charge in [0.05, 0.1) is 5.69 Å². The van der Waals surface area contributed by atoms with Crippen LogP contribution >= 0.6 is 0 Å². The molecule has 6 heteroatoms. The summed E-state index contributed by atoms with van der Waals surface area (Å²) in [5.41, 5.74) is 4.61. The fraction of sp³-hybridized carbons (Fsp3) is 0.136. The molecule has 0 bridgehead atoms. The van der Waals surface area contributed by atoms with E-state index in [0.29, 0.717) is 11.4 Å². The van der Waals surface area contributed by atoms with Crippen LogP contribution in [0.4, 0.5) is 0 Å². The number of hydrogen-bond donors (Lipinski definition) is 1. The Morgan fingerprint density at radius 3 is 2.39 bits per heavy atom. The number of H-pyrrole nitrogens is 1. The van der Waals surface area contributed by atoms with E-state index in [1.54, 1.807) is 13.1 Å². The third kappa shape index (κ3) is 3.20.